The molecule has 2 nitrogen and oxygen atoms in total. The number of aromatic nitrogens is 2. The summed E-state index contributed by atoms with van der Waals surface area (Å²) >= 11 is 0. The SMILES string of the molecule is C1=Cc2cc3nc4c(nc3cc2CC1)-c1cccc2cccc-4c12. The summed E-state index contributed by atoms with van der Waals surface area (Å²) in [6.07, 6.45) is 6.66. The summed E-state index contributed by atoms with van der Waals surface area (Å²) in [4.78, 5) is 10.0. The van der Waals surface area contributed by atoms with Crippen molar-refractivity contribution in [1.82, 2.24) is 9.97 Å². The molecule has 112 valence electrons. The van der Waals surface area contributed by atoms with Crippen LogP contribution < -0.4 is 0 Å². The zero-order valence-electron chi connectivity index (χ0n) is 13.1. The summed E-state index contributed by atoms with van der Waals surface area (Å²) in [6.45, 7) is 0. The average molecular weight is 306 g/mol. The summed E-state index contributed by atoms with van der Waals surface area (Å²) in [6, 6.07) is 17.3. The second kappa shape index (κ2) is 4.30. The summed E-state index contributed by atoms with van der Waals surface area (Å²) in [5.41, 5.74) is 9.14. The molecule has 2 aliphatic carbocycles. The third-order valence-corrected chi connectivity index (χ3v) is 5.22. The summed E-state index contributed by atoms with van der Waals surface area (Å²) in [7, 11) is 0. The predicted molar refractivity (Wildman–Crippen MR) is 98.8 cm³/mol. The minimum absolute atomic E-state index is 0.990. The van der Waals surface area contributed by atoms with Gasteiger partial charge in [-0.05, 0) is 41.5 Å². The first-order chi connectivity index (χ1) is 11.9. The number of fused-ring (bicyclic) bond motifs is 5. The van der Waals surface area contributed by atoms with Gasteiger partial charge in [-0.25, -0.2) is 9.97 Å². The lowest BCUT2D eigenvalue weighted by molar-refractivity contribution is 0.987. The van der Waals surface area contributed by atoms with Crippen LogP contribution in [0.5, 0.6) is 0 Å². The van der Waals surface area contributed by atoms with Gasteiger partial charge in [0.05, 0.1) is 22.4 Å². The van der Waals surface area contributed by atoms with Gasteiger partial charge in [-0.1, -0.05) is 48.6 Å². The van der Waals surface area contributed by atoms with E-state index in [4.69, 9.17) is 9.97 Å². The van der Waals surface area contributed by atoms with Crippen LogP contribution in [0.2, 0.25) is 0 Å². The van der Waals surface area contributed by atoms with Gasteiger partial charge in [-0.2, -0.15) is 0 Å². The highest BCUT2D eigenvalue weighted by atomic mass is 14.8. The lowest BCUT2D eigenvalue weighted by Crippen LogP contribution is -1.97. The van der Waals surface area contributed by atoms with Gasteiger partial charge < -0.3 is 0 Å². The van der Waals surface area contributed by atoms with Gasteiger partial charge in [0.2, 0.25) is 0 Å². The zero-order valence-corrected chi connectivity index (χ0v) is 13.1. The molecular weight excluding hydrogens is 292 g/mol. The first kappa shape index (κ1) is 12.4. The molecule has 0 amide bonds. The number of benzene rings is 3. The van der Waals surface area contributed by atoms with Gasteiger partial charge in [0, 0.05) is 16.5 Å². The van der Waals surface area contributed by atoms with Gasteiger partial charge in [0.15, 0.2) is 0 Å². The Morgan fingerprint density at radius 2 is 1.50 bits per heavy atom. The third kappa shape index (κ3) is 1.50. The van der Waals surface area contributed by atoms with Crippen LogP contribution in [0, 0.1) is 0 Å². The maximum absolute atomic E-state index is 5.02. The number of aryl methyl sites for hydroxylation is 1. The van der Waals surface area contributed by atoms with E-state index in [1.54, 1.807) is 0 Å². The number of allylic oxidation sites excluding steroid dienone is 1. The Kier molecular flexibility index (Phi) is 2.22. The zero-order chi connectivity index (χ0) is 15.7. The molecular formula is C22H14N2. The van der Waals surface area contributed by atoms with Crippen molar-refractivity contribution in [2.75, 3.05) is 0 Å². The molecule has 1 heterocycles. The van der Waals surface area contributed by atoms with Crippen molar-refractivity contribution in [2.24, 2.45) is 0 Å². The van der Waals surface area contributed by atoms with Crippen molar-refractivity contribution in [2.45, 2.75) is 12.8 Å². The predicted octanol–water partition coefficient (Wildman–Crippen LogP) is 5.39. The van der Waals surface area contributed by atoms with Gasteiger partial charge >= 0.3 is 0 Å². The van der Waals surface area contributed by atoms with E-state index in [1.807, 2.05) is 0 Å². The number of nitrogens with zero attached hydrogens (tertiary/aromatic N) is 2. The van der Waals surface area contributed by atoms with Crippen molar-refractivity contribution in [3.63, 3.8) is 0 Å². The smallest absolute Gasteiger partial charge is 0.0979 e. The summed E-state index contributed by atoms with van der Waals surface area (Å²) < 4.78 is 0. The van der Waals surface area contributed by atoms with Crippen LogP contribution >= 0.6 is 0 Å². The van der Waals surface area contributed by atoms with E-state index in [1.165, 1.54) is 33.0 Å². The highest BCUT2D eigenvalue weighted by molar-refractivity contribution is 6.14. The molecule has 0 fully saturated rings. The van der Waals surface area contributed by atoms with Crippen LogP contribution in [0.4, 0.5) is 0 Å². The van der Waals surface area contributed by atoms with Gasteiger partial charge in [-0.3, -0.25) is 0 Å². The molecule has 0 bridgehead atoms. The third-order valence-electron chi connectivity index (χ3n) is 5.22. The lowest BCUT2D eigenvalue weighted by Gasteiger charge is -2.12. The molecule has 0 N–H and O–H groups in total. The Balaban J connectivity index is 1.74. The van der Waals surface area contributed by atoms with Crippen molar-refractivity contribution < 1.29 is 0 Å². The second-order valence-corrected chi connectivity index (χ2v) is 6.61. The van der Waals surface area contributed by atoms with Crippen molar-refractivity contribution >= 4 is 27.9 Å². The van der Waals surface area contributed by atoms with E-state index in [-0.39, 0.29) is 0 Å². The second-order valence-electron chi connectivity index (χ2n) is 6.61. The molecule has 0 radical (unpaired) electrons. The minimum atomic E-state index is 0.990. The molecule has 2 aliphatic rings. The Morgan fingerprint density at radius 1 is 0.792 bits per heavy atom. The normalized spacial score (nSPS) is 14.2. The maximum Gasteiger partial charge on any atom is 0.0979 e. The Hall–Kier alpha value is -3.00. The van der Waals surface area contributed by atoms with Crippen molar-refractivity contribution in [3.05, 3.63) is 65.7 Å². The lowest BCUT2D eigenvalue weighted by atomic mass is 9.96. The first-order valence-corrected chi connectivity index (χ1v) is 8.42. The Bertz CT molecular complexity index is 1200. The van der Waals surface area contributed by atoms with Crippen molar-refractivity contribution in [3.8, 4) is 22.5 Å². The van der Waals surface area contributed by atoms with E-state index in [0.717, 1.165) is 35.3 Å². The highest BCUT2D eigenvalue weighted by Gasteiger charge is 2.24. The standard InChI is InChI=1S/C22H14N2/c1-2-6-15-12-19-18(11-14(15)5-1)23-21-16-9-3-7-13-8-4-10-17(20(13)16)22(21)24-19/h1,3-5,7-12H,2,6H2. The summed E-state index contributed by atoms with van der Waals surface area (Å²) in [5, 5.41) is 2.55. The molecule has 24 heavy (non-hydrogen) atoms. The van der Waals surface area contributed by atoms with Crippen LogP contribution in [0.1, 0.15) is 17.5 Å². The molecule has 0 unspecified atom stereocenters. The van der Waals surface area contributed by atoms with Crippen LogP contribution in [-0.2, 0) is 6.42 Å². The van der Waals surface area contributed by atoms with E-state index in [0.29, 0.717) is 0 Å². The van der Waals surface area contributed by atoms with Crippen LogP contribution in [0.15, 0.2) is 54.6 Å². The van der Waals surface area contributed by atoms with E-state index in [2.05, 4.69) is 60.7 Å². The topological polar surface area (TPSA) is 25.8 Å². The fraction of sp³-hybridized carbons (Fsp3) is 0.0909. The fourth-order valence-electron chi connectivity index (χ4n) is 4.09. The molecule has 0 atom stereocenters. The van der Waals surface area contributed by atoms with Crippen LogP contribution in [0.3, 0.4) is 0 Å². The molecule has 0 spiro atoms. The Morgan fingerprint density at radius 3 is 2.25 bits per heavy atom. The van der Waals surface area contributed by atoms with Gasteiger partial charge in [0.1, 0.15) is 0 Å². The first-order valence-electron chi connectivity index (χ1n) is 8.42. The number of hydrogen-bond acceptors (Lipinski definition) is 2. The van der Waals surface area contributed by atoms with E-state index in [9.17, 15) is 0 Å². The molecule has 0 saturated carbocycles. The minimum Gasteiger partial charge on any atom is -0.244 e. The largest absolute Gasteiger partial charge is 0.244 e. The van der Waals surface area contributed by atoms with Crippen LogP contribution in [0.25, 0.3) is 50.4 Å². The highest BCUT2D eigenvalue weighted by Crippen LogP contribution is 2.45. The quantitative estimate of drug-likeness (QED) is 0.383. The number of rotatable bonds is 0. The van der Waals surface area contributed by atoms with E-state index < -0.39 is 0 Å². The molecule has 3 aromatic carbocycles. The average Bonchev–Trinajstić information content (AvgIpc) is 2.94. The van der Waals surface area contributed by atoms with Gasteiger partial charge in [0.25, 0.3) is 0 Å². The molecule has 4 aromatic rings. The molecule has 2 heteroatoms. The van der Waals surface area contributed by atoms with Crippen LogP contribution in [-0.4, -0.2) is 9.97 Å². The summed E-state index contributed by atoms with van der Waals surface area (Å²) in [5.74, 6) is 0. The maximum atomic E-state index is 5.02. The fourth-order valence-corrected chi connectivity index (χ4v) is 4.09. The molecule has 0 saturated heterocycles. The molecule has 1 aromatic heterocycles. The monoisotopic (exact) mass is 306 g/mol. The van der Waals surface area contributed by atoms with Gasteiger partial charge in [-0.15, -0.1) is 0 Å². The van der Waals surface area contributed by atoms with Crippen molar-refractivity contribution in [1.29, 1.82) is 0 Å². The Labute approximate surface area is 139 Å². The molecule has 0 aliphatic heterocycles. The van der Waals surface area contributed by atoms with E-state index >= 15 is 0 Å². The number of hydrogen-bond donors (Lipinski definition) is 0. The molecule has 6 rings (SSSR count).